The van der Waals surface area contributed by atoms with E-state index in [1.807, 2.05) is 120 Å². The third-order valence-corrected chi connectivity index (χ3v) is 26.9. The first-order chi connectivity index (χ1) is 61.1. The normalized spacial score (nSPS) is 17.2. The molecule has 668 valence electrons. The predicted octanol–water partition coefficient (Wildman–Crippen LogP) is 17.7. The topological polar surface area (TPSA) is 206 Å². The van der Waals surface area contributed by atoms with Gasteiger partial charge in [0.05, 0.1) is 44.4 Å². The average Bonchev–Trinajstić information content (AvgIpc) is 1.42. The molecule has 15 aromatic rings. The number of aliphatic hydroxyl groups is 5. The molecule has 0 radical (unpaired) electrons. The van der Waals surface area contributed by atoms with Crippen LogP contribution in [0.3, 0.4) is 0 Å². The molecule has 0 aliphatic carbocycles. The number of alkyl halides is 3. The lowest BCUT2D eigenvalue weighted by atomic mass is 9.96. The Morgan fingerprint density at radius 2 is 0.625 bits per heavy atom. The number of rotatable bonds is 15. The van der Waals surface area contributed by atoms with Crippen molar-refractivity contribution in [1.82, 2.24) is 72.3 Å². The minimum atomic E-state index is -4.48. The van der Waals surface area contributed by atoms with E-state index in [0.29, 0.717) is 26.2 Å². The Hall–Kier alpha value is -10.5. The Kier molecular flexibility index (Phi) is 26.4. The molecular weight excluding hydrogens is 1660 g/mol. The van der Waals surface area contributed by atoms with E-state index in [2.05, 4.69) is 176 Å². The van der Waals surface area contributed by atoms with Crippen LogP contribution >= 0.6 is 23.2 Å². The quantitative estimate of drug-likeness (QED) is 0.0647. The molecule has 5 unspecified atom stereocenters. The first kappa shape index (κ1) is 90.9. The van der Waals surface area contributed by atoms with E-state index in [1.165, 1.54) is 100 Å². The summed E-state index contributed by atoms with van der Waals surface area (Å²) in [5, 5.41) is 63.0. The number of benzene rings is 5. The molecule has 0 amide bonds. The number of aryl methyl sites for hydroxylation is 3. The summed E-state index contributed by atoms with van der Waals surface area (Å²) < 4.78 is 50.2. The van der Waals surface area contributed by atoms with Gasteiger partial charge in [-0.15, -0.1) is 0 Å². The number of halogens is 5. The molecule has 20 nitrogen and oxygen atoms in total. The van der Waals surface area contributed by atoms with E-state index >= 15 is 0 Å². The van der Waals surface area contributed by atoms with Gasteiger partial charge in [-0.05, 0) is 238 Å². The fourth-order valence-corrected chi connectivity index (χ4v) is 19.9. The monoisotopic (exact) mass is 1770 g/mol. The fraction of sp³-hybridized carbons (Fsp3) is 0.369. The van der Waals surface area contributed by atoms with Crippen molar-refractivity contribution in [3.8, 4) is 0 Å². The van der Waals surface area contributed by atoms with Crippen LogP contribution in [0.1, 0.15) is 140 Å². The second-order valence-electron chi connectivity index (χ2n) is 37.0. The minimum absolute atomic E-state index is 0.172. The van der Waals surface area contributed by atoms with Gasteiger partial charge in [-0.2, -0.15) is 13.2 Å². The summed E-state index contributed by atoms with van der Waals surface area (Å²) in [5.41, 5.74) is 21.6. The number of likely N-dealkylation sites (N-methyl/N-ethyl adjacent to an activating group) is 5. The van der Waals surface area contributed by atoms with E-state index in [-0.39, 0.29) is 12.1 Å². The van der Waals surface area contributed by atoms with Crippen LogP contribution in [-0.4, -0.2) is 166 Å². The smallest absolute Gasteiger partial charge is 0.386 e. The minimum Gasteiger partial charge on any atom is -0.386 e. The molecular formula is C103H116Cl2F3N15O5. The second-order valence-corrected chi connectivity index (χ2v) is 37.8. The molecule has 5 aromatic carbocycles. The third kappa shape index (κ3) is 19.4. The molecule has 20 rings (SSSR count). The van der Waals surface area contributed by atoms with Gasteiger partial charge in [0, 0.05) is 269 Å². The Balaban J connectivity index is 0.000000118. The van der Waals surface area contributed by atoms with Crippen molar-refractivity contribution in [3.05, 3.63) is 324 Å². The highest BCUT2D eigenvalue weighted by molar-refractivity contribution is 6.31. The van der Waals surface area contributed by atoms with Crippen molar-refractivity contribution in [2.45, 2.75) is 181 Å². The van der Waals surface area contributed by atoms with E-state index in [1.54, 1.807) is 49.6 Å². The summed E-state index contributed by atoms with van der Waals surface area (Å²) in [6, 6.07) is 47.7. The number of hydrogen-bond donors (Lipinski definition) is 5. The van der Waals surface area contributed by atoms with Crippen LogP contribution in [-0.2, 0) is 126 Å². The molecule has 0 fully saturated rings. The van der Waals surface area contributed by atoms with Gasteiger partial charge in [0.1, 0.15) is 22.4 Å². The summed E-state index contributed by atoms with van der Waals surface area (Å²) >= 11 is 12.5. The van der Waals surface area contributed by atoms with E-state index in [4.69, 9.17) is 23.2 Å². The Bertz CT molecular complexity index is 5890. The zero-order valence-corrected chi connectivity index (χ0v) is 76.7. The van der Waals surface area contributed by atoms with Gasteiger partial charge in [-0.3, -0.25) is 24.9 Å². The van der Waals surface area contributed by atoms with Crippen molar-refractivity contribution in [2.24, 2.45) is 0 Å². The molecule has 5 atom stereocenters. The molecule has 0 saturated heterocycles. The van der Waals surface area contributed by atoms with Crippen LogP contribution in [0.5, 0.6) is 0 Å². The second kappa shape index (κ2) is 37.2. The molecule has 10 aromatic heterocycles. The molecule has 5 N–H and O–H groups in total. The maximum atomic E-state index is 13.0. The SMILES string of the molecule is CN1CCc2c(c3cc(Cl)ccc3n2CC(C)(O)c2cccnc2)C1.CN1CCc2c(c3cc(Cl)ccc3n2CC(C)(O)c2ccncc2)C1.Cc1ccc2c(c1)c1c(n2CC(C)(O)c2cccnc2)CCN(C)C1.Cc1ccc2c(c1)c1c(n2CC(C)(O)c2ccncc2)CCN(C)C1.Cc1ccc2c(c1)c1c(n2CC(O)c2cncc(C(F)(F)F)c2)CCN(C)C1. The maximum absolute atomic E-state index is 13.0. The number of aromatic nitrogens is 10. The van der Waals surface area contributed by atoms with Crippen LogP contribution in [0.4, 0.5) is 13.2 Å². The largest absolute Gasteiger partial charge is 0.417 e. The molecule has 128 heavy (non-hydrogen) atoms. The zero-order valence-electron chi connectivity index (χ0n) is 75.2. The Morgan fingerprint density at radius 3 is 0.938 bits per heavy atom. The average molecular weight is 1770 g/mol. The number of pyridine rings is 5. The first-order valence-corrected chi connectivity index (χ1v) is 44.9. The number of aliphatic hydroxyl groups excluding tert-OH is 1. The van der Waals surface area contributed by atoms with E-state index in [9.17, 15) is 38.7 Å². The molecule has 5 aliphatic rings. The first-order valence-electron chi connectivity index (χ1n) is 44.1. The Labute approximate surface area is 756 Å². The number of fused-ring (bicyclic) bond motifs is 15. The third-order valence-electron chi connectivity index (χ3n) is 26.5. The highest BCUT2D eigenvalue weighted by atomic mass is 35.5. The summed E-state index contributed by atoms with van der Waals surface area (Å²) in [4.78, 5) is 31.8. The molecule has 0 saturated carbocycles. The van der Waals surface area contributed by atoms with Gasteiger partial charge < -0.3 is 72.9 Å². The lowest BCUT2D eigenvalue weighted by Gasteiger charge is -2.28. The zero-order chi connectivity index (χ0) is 90.5. The van der Waals surface area contributed by atoms with Crippen LogP contribution in [0.2, 0.25) is 10.0 Å². The van der Waals surface area contributed by atoms with Crippen molar-refractivity contribution in [2.75, 3.05) is 68.0 Å². The summed E-state index contributed by atoms with van der Waals surface area (Å²) in [6.07, 6.45) is 15.2. The molecule has 5 aliphatic heterocycles. The van der Waals surface area contributed by atoms with E-state index < -0.39 is 40.2 Å². The number of hydrogen-bond acceptors (Lipinski definition) is 15. The Morgan fingerprint density at radius 1 is 0.336 bits per heavy atom. The van der Waals surface area contributed by atoms with Crippen molar-refractivity contribution < 1.29 is 38.7 Å². The van der Waals surface area contributed by atoms with Crippen molar-refractivity contribution in [3.63, 3.8) is 0 Å². The highest BCUT2D eigenvalue weighted by Gasteiger charge is 2.37. The summed E-state index contributed by atoms with van der Waals surface area (Å²) in [5.74, 6) is 0. The summed E-state index contributed by atoms with van der Waals surface area (Å²) in [6.45, 7) is 25.8. The van der Waals surface area contributed by atoms with Crippen molar-refractivity contribution >= 4 is 77.7 Å². The van der Waals surface area contributed by atoms with Gasteiger partial charge in [-0.1, -0.05) is 70.2 Å². The van der Waals surface area contributed by atoms with Crippen molar-refractivity contribution in [1.29, 1.82) is 0 Å². The lowest BCUT2D eigenvalue weighted by Crippen LogP contribution is -2.31. The fourth-order valence-electron chi connectivity index (χ4n) is 19.6. The van der Waals surface area contributed by atoms with Gasteiger partial charge in [0.15, 0.2) is 0 Å². The van der Waals surface area contributed by atoms with E-state index in [0.717, 1.165) is 175 Å². The summed E-state index contributed by atoms with van der Waals surface area (Å²) in [7, 11) is 10.7. The van der Waals surface area contributed by atoms with Gasteiger partial charge in [0.2, 0.25) is 0 Å². The molecule has 15 heterocycles. The molecule has 0 bridgehead atoms. The number of nitrogens with zero attached hydrogens (tertiary/aromatic N) is 15. The molecule has 0 spiro atoms. The lowest BCUT2D eigenvalue weighted by molar-refractivity contribution is -0.138. The van der Waals surface area contributed by atoms with Gasteiger partial charge in [-0.25, -0.2) is 0 Å². The van der Waals surface area contributed by atoms with Crippen LogP contribution in [0.25, 0.3) is 54.5 Å². The van der Waals surface area contributed by atoms with Gasteiger partial charge >= 0.3 is 6.18 Å². The van der Waals surface area contributed by atoms with Gasteiger partial charge in [0.25, 0.3) is 0 Å². The maximum Gasteiger partial charge on any atom is 0.417 e. The standard InChI is InChI=1S/C21H22F3N3O.2C21H25N3O.2C20H22ClN3O/c1-13-3-4-18-16(7-13)17-11-26(2)6-5-19(17)27(18)12-20(28)14-8-15(10-25-9-14)21(22,23)24;1-15-4-5-19-17(12-15)18-13-23(3)11-8-20(18)24(19)14-21(2,25)16-6-9-22-10-7-16;1-15-6-7-19-17(11-15)18-13-23(3)10-8-20(18)24(19)14-21(2,25)16-5-4-9-22-12-16;1-20(25,14-5-8-22-9-6-14)13-24-18-4-3-15(21)11-16(18)17-12-23(2)10-7-19(17)24;1-20(25,14-4-3-8-22-11-14)13-24-18-6-5-15(21)10-16(18)17-12-23(2)9-7-19(17)24/h3-4,7-10,20,28H,5-6,11-12H2,1-2H3;4-7,9-10,12,25H,8,11,13-14H2,1-3H3;4-7,9,11-12,25H,8,10,13-14H2,1-3H3;3-6,8-9,11,25H,7,10,12-13H2,1-2H3;3-6,8,10-11,25H,7,9,12-13H2,1-2H3. The van der Waals surface area contributed by atoms with Crippen LogP contribution < -0.4 is 0 Å². The van der Waals surface area contributed by atoms with Crippen LogP contribution in [0.15, 0.2) is 208 Å². The highest BCUT2D eigenvalue weighted by Crippen LogP contribution is 2.42. The predicted molar refractivity (Wildman–Crippen MR) is 504 cm³/mol. The van der Waals surface area contributed by atoms with Crippen LogP contribution in [0, 0.1) is 20.8 Å². The molecule has 25 heteroatoms.